The zero-order chi connectivity index (χ0) is 15.9. The first-order valence-electron chi connectivity index (χ1n) is 6.84. The first-order valence-corrected chi connectivity index (χ1v) is 6.84. The Balaban J connectivity index is 1.85. The van der Waals surface area contributed by atoms with E-state index in [1.165, 1.54) is 31.2 Å². The molecule has 0 aliphatic rings. The maximum absolute atomic E-state index is 12.8. The van der Waals surface area contributed by atoms with Gasteiger partial charge < -0.3 is 10.1 Å². The summed E-state index contributed by atoms with van der Waals surface area (Å²) in [5.74, 6) is -1.33. The van der Waals surface area contributed by atoms with Gasteiger partial charge in [0.15, 0.2) is 6.10 Å². The average Bonchev–Trinajstić information content (AvgIpc) is 2.50. The third kappa shape index (κ3) is 4.70. The Bertz CT molecular complexity index is 641. The molecule has 0 spiro atoms. The molecular formula is C17H16FNO3. The van der Waals surface area contributed by atoms with Crippen molar-refractivity contribution in [2.45, 2.75) is 19.4 Å². The van der Waals surface area contributed by atoms with Crippen LogP contribution in [0, 0.1) is 5.82 Å². The number of hydrogen-bond acceptors (Lipinski definition) is 3. The molecule has 2 rings (SSSR count). The summed E-state index contributed by atoms with van der Waals surface area (Å²) in [5.41, 5.74) is 1.26. The van der Waals surface area contributed by atoms with Crippen LogP contribution in [0.15, 0.2) is 54.6 Å². The number of rotatable bonds is 5. The van der Waals surface area contributed by atoms with E-state index in [0.29, 0.717) is 5.69 Å². The van der Waals surface area contributed by atoms with Crippen molar-refractivity contribution in [3.05, 3.63) is 66.0 Å². The molecule has 1 amide bonds. The van der Waals surface area contributed by atoms with Crippen LogP contribution in [-0.2, 0) is 20.7 Å². The normalized spacial score (nSPS) is 11.5. The lowest BCUT2D eigenvalue weighted by Gasteiger charge is -2.13. The largest absolute Gasteiger partial charge is 0.452 e. The van der Waals surface area contributed by atoms with E-state index < -0.39 is 18.0 Å². The summed E-state index contributed by atoms with van der Waals surface area (Å²) in [7, 11) is 0. The molecule has 0 fully saturated rings. The third-order valence-electron chi connectivity index (χ3n) is 2.98. The highest BCUT2D eigenvalue weighted by atomic mass is 19.1. The summed E-state index contributed by atoms with van der Waals surface area (Å²) in [6.45, 7) is 1.49. The standard InChI is InChI=1S/C17H16FNO3/c1-12(17(21)19-15-9-7-14(18)8-10-15)22-16(20)11-13-5-3-2-4-6-13/h2-10,12H,11H2,1H3,(H,19,21)/t12-/m0/s1. The van der Waals surface area contributed by atoms with E-state index in [0.717, 1.165) is 5.56 Å². The Morgan fingerprint density at radius 3 is 2.36 bits per heavy atom. The van der Waals surface area contributed by atoms with E-state index in [1.807, 2.05) is 30.3 Å². The molecule has 5 heteroatoms. The Morgan fingerprint density at radius 2 is 1.73 bits per heavy atom. The van der Waals surface area contributed by atoms with Gasteiger partial charge in [-0.1, -0.05) is 30.3 Å². The number of nitrogens with one attached hydrogen (secondary N) is 1. The van der Waals surface area contributed by atoms with Gasteiger partial charge in [-0.15, -0.1) is 0 Å². The van der Waals surface area contributed by atoms with Gasteiger partial charge in [-0.2, -0.15) is 0 Å². The SMILES string of the molecule is C[C@H](OC(=O)Cc1ccccc1)C(=O)Nc1ccc(F)cc1. The molecular weight excluding hydrogens is 285 g/mol. The van der Waals surface area contributed by atoms with E-state index in [4.69, 9.17) is 4.74 Å². The van der Waals surface area contributed by atoms with Crippen molar-refractivity contribution >= 4 is 17.6 Å². The van der Waals surface area contributed by atoms with Crippen LogP contribution >= 0.6 is 0 Å². The molecule has 114 valence electrons. The zero-order valence-corrected chi connectivity index (χ0v) is 12.1. The van der Waals surface area contributed by atoms with E-state index >= 15 is 0 Å². The summed E-state index contributed by atoms with van der Waals surface area (Å²) in [4.78, 5) is 23.7. The number of amides is 1. The summed E-state index contributed by atoms with van der Waals surface area (Å²) in [5, 5.41) is 2.56. The van der Waals surface area contributed by atoms with Gasteiger partial charge >= 0.3 is 5.97 Å². The van der Waals surface area contributed by atoms with Crippen LogP contribution in [0.1, 0.15) is 12.5 Å². The first-order chi connectivity index (χ1) is 10.5. The number of halogens is 1. The lowest BCUT2D eigenvalue weighted by molar-refractivity contribution is -0.152. The van der Waals surface area contributed by atoms with Crippen LogP contribution in [0.2, 0.25) is 0 Å². The zero-order valence-electron chi connectivity index (χ0n) is 12.1. The monoisotopic (exact) mass is 301 g/mol. The molecule has 0 radical (unpaired) electrons. The fourth-order valence-corrected chi connectivity index (χ4v) is 1.83. The minimum absolute atomic E-state index is 0.106. The van der Waals surface area contributed by atoms with E-state index in [-0.39, 0.29) is 12.2 Å². The third-order valence-corrected chi connectivity index (χ3v) is 2.98. The summed E-state index contributed by atoms with van der Waals surface area (Å²) < 4.78 is 17.9. The van der Waals surface area contributed by atoms with Crippen molar-refractivity contribution in [1.29, 1.82) is 0 Å². The fraction of sp³-hybridized carbons (Fsp3) is 0.176. The van der Waals surface area contributed by atoms with Gasteiger partial charge in [0.1, 0.15) is 5.82 Å². The molecule has 0 saturated carbocycles. The van der Waals surface area contributed by atoms with E-state index in [1.54, 1.807) is 0 Å². The Labute approximate surface area is 127 Å². The number of carbonyl (C=O) groups excluding carboxylic acids is 2. The predicted octanol–water partition coefficient (Wildman–Crippen LogP) is 2.94. The molecule has 2 aromatic rings. The summed E-state index contributed by atoms with van der Waals surface area (Å²) in [6, 6.07) is 14.5. The quantitative estimate of drug-likeness (QED) is 0.864. The van der Waals surface area contributed by atoms with Crippen LogP contribution < -0.4 is 5.32 Å². The molecule has 0 unspecified atom stereocenters. The predicted molar refractivity (Wildman–Crippen MR) is 80.7 cm³/mol. The van der Waals surface area contributed by atoms with Crippen LogP contribution in [0.25, 0.3) is 0 Å². The van der Waals surface area contributed by atoms with Crippen molar-refractivity contribution in [3.8, 4) is 0 Å². The smallest absolute Gasteiger partial charge is 0.311 e. The number of ether oxygens (including phenoxy) is 1. The van der Waals surface area contributed by atoms with Gasteiger partial charge in [-0.3, -0.25) is 9.59 Å². The second-order valence-electron chi connectivity index (χ2n) is 4.79. The molecule has 0 aliphatic heterocycles. The van der Waals surface area contributed by atoms with E-state index in [2.05, 4.69) is 5.32 Å². The second-order valence-corrected chi connectivity index (χ2v) is 4.79. The van der Waals surface area contributed by atoms with Gasteiger partial charge in [0.25, 0.3) is 5.91 Å². The van der Waals surface area contributed by atoms with Crippen LogP contribution in [-0.4, -0.2) is 18.0 Å². The van der Waals surface area contributed by atoms with Crippen molar-refractivity contribution in [2.24, 2.45) is 0 Å². The molecule has 22 heavy (non-hydrogen) atoms. The highest BCUT2D eigenvalue weighted by molar-refractivity contribution is 5.95. The topological polar surface area (TPSA) is 55.4 Å². The molecule has 4 nitrogen and oxygen atoms in total. The minimum atomic E-state index is -0.929. The molecule has 0 bridgehead atoms. The average molecular weight is 301 g/mol. The number of anilines is 1. The van der Waals surface area contributed by atoms with Gasteiger partial charge in [0.2, 0.25) is 0 Å². The highest BCUT2D eigenvalue weighted by Crippen LogP contribution is 2.10. The van der Waals surface area contributed by atoms with Gasteiger partial charge in [0.05, 0.1) is 6.42 Å². The van der Waals surface area contributed by atoms with Gasteiger partial charge in [-0.05, 0) is 36.8 Å². The maximum atomic E-state index is 12.8. The molecule has 1 N–H and O–H groups in total. The van der Waals surface area contributed by atoms with Gasteiger partial charge in [0, 0.05) is 5.69 Å². The number of esters is 1. The summed E-state index contributed by atoms with van der Waals surface area (Å²) in [6.07, 6.45) is -0.823. The molecule has 0 aromatic heterocycles. The van der Waals surface area contributed by atoms with Crippen molar-refractivity contribution in [2.75, 3.05) is 5.32 Å². The van der Waals surface area contributed by atoms with Gasteiger partial charge in [-0.25, -0.2) is 4.39 Å². The molecule has 0 aliphatic carbocycles. The molecule has 1 atom stereocenters. The lowest BCUT2D eigenvalue weighted by Crippen LogP contribution is -2.30. The first kappa shape index (κ1) is 15.7. The number of carbonyl (C=O) groups is 2. The fourth-order valence-electron chi connectivity index (χ4n) is 1.83. The van der Waals surface area contributed by atoms with Crippen molar-refractivity contribution in [3.63, 3.8) is 0 Å². The van der Waals surface area contributed by atoms with Crippen LogP contribution in [0.4, 0.5) is 10.1 Å². The summed E-state index contributed by atoms with van der Waals surface area (Å²) >= 11 is 0. The van der Waals surface area contributed by atoms with E-state index in [9.17, 15) is 14.0 Å². The molecule has 0 saturated heterocycles. The molecule has 0 heterocycles. The second kappa shape index (κ2) is 7.36. The van der Waals surface area contributed by atoms with Crippen molar-refractivity contribution < 1.29 is 18.7 Å². The van der Waals surface area contributed by atoms with Crippen LogP contribution in [0.3, 0.4) is 0 Å². The van der Waals surface area contributed by atoms with Crippen molar-refractivity contribution in [1.82, 2.24) is 0 Å². The Morgan fingerprint density at radius 1 is 1.09 bits per heavy atom. The molecule has 2 aromatic carbocycles. The minimum Gasteiger partial charge on any atom is -0.452 e. The van der Waals surface area contributed by atoms with Crippen LogP contribution in [0.5, 0.6) is 0 Å². The Kier molecular flexibility index (Phi) is 5.25. The maximum Gasteiger partial charge on any atom is 0.311 e. The lowest BCUT2D eigenvalue weighted by atomic mass is 10.1. The number of hydrogen-bond donors (Lipinski definition) is 1. The Hall–Kier alpha value is -2.69. The number of benzene rings is 2. The highest BCUT2D eigenvalue weighted by Gasteiger charge is 2.18.